The van der Waals surface area contributed by atoms with Crippen LogP contribution in [0.15, 0.2) is 78.9 Å². The standard InChI is InChI=1S/C26H20Cl2N2/c27-21-13-9-18(10-14-21)17-20-5-4-8-24-25(19-11-15-22(28)16-12-19)29-30(26(20)24)23-6-2-1-3-7-23/h1-3,6-7,9-17H,4-5,8H2. The number of para-hydroxylation sites is 1. The van der Waals surface area contributed by atoms with E-state index in [1.54, 1.807) is 0 Å². The second kappa shape index (κ2) is 8.14. The number of allylic oxidation sites excluding steroid dienone is 1. The van der Waals surface area contributed by atoms with Crippen LogP contribution in [0.2, 0.25) is 10.0 Å². The van der Waals surface area contributed by atoms with Crippen LogP contribution in [0.25, 0.3) is 28.6 Å². The maximum Gasteiger partial charge on any atom is 0.0966 e. The first kappa shape index (κ1) is 19.2. The molecule has 4 aromatic rings. The lowest BCUT2D eigenvalue weighted by atomic mass is 9.88. The fourth-order valence-electron chi connectivity index (χ4n) is 4.09. The molecule has 0 radical (unpaired) electrons. The number of hydrogen-bond acceptors (Lipinski definition) is 1. The second-order valence-corrected chi connectivity index (χ2v) is 8.38. The van der Waals surface area contributed by atoms with Gasteiger partial charge in [-0.05, 0) is 72.9 Å². The minimum absolute atomic E-state index is 0.735. The van der Waals surface area contributed by atoms with Gasteiger partial charge in [0.2, 0.25) is 0 Å². The maximum atomic E-state index is 6.12. The van der Waals surface area contributed by atoms with Crippen molar-refractivity contribution in [2.45, 2.75) is 19.3 Å². The Kier molecular flexibility index (Phi) is 5.20. The van der Waals surface area contributed by atoms with Gasteiger partial charge in [0.05, 0.1) is 17.1 Å². The van der Waals surface area contributed by atoms with Gasteiger partial charge in [-0.3, -0.25) is 0 Å². The van der Waals surface area contributed by atoms with Crippen LogP contribution in [0.5, 0.6) is 0 Å². The summed E-state index contributed by atoms with van der Waals surface area (Å²) in [6.07, 6.45) is 5.40. The molecule has 1 aromatic heterocycles. The molecule has 4 heteroatoms. The molecule has 30 heavy (non-hydrogen) atoms. The molecule has 1 heterocycles. The van der Waals surface area contributed by atoms with E-state index < -0.39 is 0 Å². The Bertz CT molecular complexity index is 1200. The van der Waals surface area contributed by atoms with Crippen LogP contribution < -0.4 is 0 Å². The van der Waals surface area contributed by atoms with E-state index in [0.717, 1.165) is 51.8 Å². The van der Waals surface area contributed by atoms with Gasteiger partial charge in [-0.25, -0.2) is 4.68 Å². The van der Waals surface area contributed by atoms with E-state index >= 15 is 0 Å². The molecule has 0 N–H and O–H groups in total. The maximum absolute atomic E-state index is 6.12. The second-order valence-electron chi connectivity index (χ2n) is 7.50. The topological polar surface area (TPSA) is 17.8 Å². The summed E-state index contributed by atoms with van der Waals surface area (Å²) in [4.78, 5) is 0. The van der Waals surface area contributed by atoms with Crippen molar-refractivity contribution in [3.8, 4) is 16.9 Å². The minimum atomic E-state index is 0.735. The Hall–Kier alpha value is -2.81. The van der Waals surface area contributed by atoms with Crippen LogP contribution >= 0.6 is 23.2 Å². The van der Waals surface area contributed by atoms with Crippen molar-refractivity contribution in [3.63, 3.8) is 0 Å². The van der Waals surface area contributed by atoms with Crippen LogP contribution in [-0.2, 0) is 6.42 Å². The van der Waals surface area contributed by atoms with Crippen molar-refractivity contribution in [2.75, 3.05) is 0 Å². The average Bonchev–Trinajstić information content (AvgIpc) is 3.17. The van der Waals surface area contributed by atoms with Gasteiger partial charge in [0, 0.05) is 21.2 Å². The van der Waals surface area contributed by atoms with E-state index in [1.165, 1.54) is 16.8 Å². The van der Waals surface area contributed by atoms with Gasteiger partial charge in [0.25, 0.3) is 0 Å². The zero-order chi connectivity index (χ0) is 20.5. The molecule has 0 saturated carbocycles. The van der Waals surface area contributed by atoms with Gasteiger partial charge in [0.15, 0.2) is 0 Å². The molecule has 1 aliphatic carbocycles. The van der Waals surface area contributed by atoms with Gasteiger partial charge in [-0.1, -0.05) is 65.7 Å². The summed E-state index contributed by atoms with van der Waals surface area (Å²) < 4.78 is 2.10. The number of rotatable bonds is 3. The smallest absolute Gasteiger partial charge is 0.0966 e. The Morgan fingerprint density at radius 2 is 1.43 bits per heavy atom. The highest BCUT2D eigenvalue weighted by molar-refractivity contribution is 6.30. The molecule has 0 spiro atoms. The van der Waals surface area contributed by atoms with Gasteiger partial charge in [-0.2, -0.15) is 5.10 Å². The van der Waals surface area contributed by atoms with Crippen LogP contribution in [0.1, 0.15) is 29.7 Å². The van der Waals surface area contributed by atoms with Crippen molar-refractivity contribution < 1.29 is 0 Å². The van der Waals surface area contributed by atoms with Crippen molar-refractivity contribution in [1.82, 2.24) is 9.78 Å². The minimum Gasteiger partial charge on any atom is -0.233 e. The van der Waals surface area contributed by atoms with E-state index in [9.17, 15) is 0 Å². The molecule has 1 aliphatic rings. The summed E-state index contributed by atoms with van der Waals surface area (Å²) in [5.41, 5.74) is 8.15. The summed E-state index contributed by atoms with van der Waals surface area (Å²) in [5.74, 6) is 0. The first-order valence-corrected chi connectivity index (χ1v) is 10.8. The highest BCUT2D eigenvalue weighted by Crippen LogP contribution is 2.39. The largest absolute Gasteiger partial charge is 0.233 e. The molecule has 0 bridgehead atoms. The molecule has 3 aromatic carbocycles. The first-order chi connectivity index (χ1) is 14.7. The van der Waals surface area contributed by atoms with Gasteiger partial charge >= 0.3 is 0 Å². The predicted molar refractivity (Wildman–Crippen MR) is 126 cm³/mol. The Balaban J connectivity index is 1.71. The zero-order valence-electron chi connectivity index (χ0n) is 16.4. The summed E-state index contributed by atoms with van der Waals surface area (Å²) >= 11 is 12.2. The number of nitrogens with zero attached hydrogens (tertiary/aromatic N) is 2. The van der Waals surface area contributed by atoms with E-state index in [1.807, 2.05) is 30.3 Å². The summed E-state index contributed by atoms with van der Waals surface area (Å²) in [7, 11) is 0. The van der Waals surface area contributed by atoms with Gasteiger partial charge < -0.3 is 0 Å². The van der Waals surface area contributed by atoms with Crippen LogP contribution in [0.4, 0.5) is 0 Å². The molecule has 5 rings (SSSR count). The number of halogens is 2. The fraction of sp³-hybridized carbons (Fsp3) is 0.115. The van der Waals surface area contributed by atoms with Gasteiger partial charge in [0.1, 0.15) is 0 Å². The van der Waals surface area contributed by atoms with Crippen LogP contribution in [0, 0.1) is 0 Å². The quantitative estimate of drug-likeness (QED) is 0.325. The van der Waals surface area contributed by atoms with E-state index in [0.29, 0.717) is 0 Å². The average molecular weight is 431 g/mol. The van der Waals surface area contributed by atoms with Crippen molar-refractivity contribution in [1.29, 1.82) is 0 Å². The molecular weight excluding hydrogens is 411 g/mol. The molecular formula is C26H20Cl2N2. The fourth-order valence-corrected chi connectivity index (χ4v) is 4.34. The molecule has 0 saturated heterocycles. The molecule has 0 atom stereocenters. The van der Waals surface area contributed by atoms with E-state index in [4.69, 9.17) is 28.3 Å². The number of hydrogen-bond donors (Lipinski definition) is 0. The third kappa shape index (κ3) is 3.69. The van der Waals surface area contributed by atoms with Crippen molar-refractivity contribution in [3.05, 3.63) is 106 Å². The number of benzene rings is 3. The third-order valence-electron chi connectivity index (χ3n) is 5.49. The summed E-state index contributed by atoms with van der Waals surface area (Å²) in [6, 6.07) is 26.3. The number of aromatic nitrogens is 2. The monoisotopic (exact) mass is 430 g/mol. The molecule has 0 unspecified atom stereocenters. The van der Waals surface area contributed by atoms with Gasteiger partial charge in [-0.15, -0.1) is 0 Å². The third-order valence-corrected chi connectivity index (χ3v) is 5.99. The Morgan fingerprint density at radius 1 is 0.767 bits per heavy atom. The van der Waals surface area contributed by atoms with Crippen molar-refractivity contribution in [2.24, 2.45) is 0 Å². The van der Waals surface area contributed by atoms with E-state index in [-0.39, 0.29) is 0 Å². The summed E-state index contributed by atoms with van der Waals surface area (Å²) in [6.45, 7) is 0. The molecule has 0 aliphatic heterocycles. The lowest BCUT2D eigenvalue weighted by Crippen LogP contribution is -2.07. The van der Waals surface area contributed by atoms with E-state index in [2.05, 4.69) is 59.3 Å². The van der Waals surface area contributed by atoms with Crippen molar-refractivity contribution >= 4 is 34.9 Å². The molecule has 148 valence electrons. The highest BCUT2D eigenvalue weighted by atomic mass is 35.5. The summed E-state index contributed by atoms with van der Waals surface area (Å²) in [5, 5.41) is 6.57. The molecule has 0 fully saturated rings. The van der Waals surface area contributed by atoms with Crippen LogP contribution in [-0.4, -0.2) is 9.78 Å². The molecule has 0 amide bonds. The first-order valence-electron chi connectivity index (χ1n) is 10.1. The zero-order valence-corrected chi connectivity index (χ0v) is 17.9. The predicted octanol–water partition coefficient (Wildman–Crippen LogP) is 7.72. The SMILES string of the molecule is Clc1ccc(C=C2CCCc3c(-c4ccc(Cl)cc4)nn(-c4ccccc4)c32)cc1. The Morgan fingerprint density at radius 3 is 2.13 bits per heavy atom. The van der Waals surface area contributed by atoms with Crippen LogP contribution in [0.3, 0.4) is 0 Å². The Labute approximate surface area is 186 Å². The number of fused-ring (bicyclic) bond motifs is 1. The lowest BCUT2D eigenvalue weighted by Gasteiger charge is -2.18. The highest BCUT2D eigenvalue weighted by Gasteiger charge is 2.25. The molecule has 2 nitrogen and oxygen atoms in total. The lowest BCUT2D eigenvalue weighted by molar-refractivity contribution is 0.796. The normalized spacial score (nSPS) is 14.7.